The van der Waals surface area contributed by atoms with Crippen molar-refractivity contribution in [3.8, 4) is 11.9 Å². The molecule has 5 heteroatoms. The fourth-order valence-electron chi connectivity index (χ4n) is 1.73. The van der Waals surface area contributed by atoms with Gasteiger partial charge in [-0.15, -0.1) is 0 Å². The summed E-state index contributed by atoms with van der Waals surface area (Å²) >= 11 is 0. The van der Waals surface area contributed by atoms with Crippen molar-refractivity contribution in [2.24, 2.45) is 0 Å². The van der Waals surface area contributed by atoms with Crippen LogP contribution in [0, 0.1) is 11.3 Å². The molecule has 2 heterocycles. The van der Waals surface area contributed by atoms with E-state index in [2.05, 4.69) is 9.97 Å². The minimum absolute atomic E-state index is 0.318. The molecule has 2 rings (SSSR count). The maximum Gasteiger partial charge on any atom is 0.213 e. The zero-order valence-electron chi connectivity index (χ0n) is 11.0. The molecule has 0 bridgehead atoms. The van der Waals surface area contributed by atoms with E-state index in [1.807, 2.05) is 13.0 Å². The van der Waals surface area contributed by atoms with E-state index in [-0.39, 0.29) is 5.78 Å². The number of rotatable bonds is 5. The summed E-state index contributed by atoms with van der Waals surface area (Å²) in [6.07, 6.45) is 2.98. The number of hydrogen-bond donors (Lipinski definition) is 0. The van der Waals surface area contributed by atoms with Crippen molar-refractivity contribution >= 4 is 5.78 Å². The quantitative estimate of drug-likeness (QED) is 0.777. The molecule has 0 fully saturated rings. The molecule has 1 atom stereocenters. The standard InChI is InChI=1S/C15H13N3O2/c1-2-20-14-7-6-11(10-18-14)15(19)12(9-16)13-5-3-4-8-17-13/h3-8,10,12H,2H2,1H3. The molecule has 2 aromatic heterocycles. The Kier molecular flexibility index (Phi) is 4.40. The Morgan fingerprint density at radius 1 is 1.35 bits per heavy atom. The fourth-order valence-corrected chi connectivity index (χ4v) is 1.73. The second-order valence-electron chi connectivity index (χ2n) is 4.00. The molecule has 2 aromatic rings. The van der Waals surface area contributed by atoms with Gasteiger partial charge in [-0.2, -0.15) is 5.26 Å². The molecule has 0 aliphatic carbocycles. The number of pyridine rings is 2. The summed E-state index contributed by atoms with van der Waals surface area (Å²) in [5.41, 5.74) is 0.805. The van der Waals surface area contributed by atoms with E-state index in [0.29, 0.717) is 23.7 Å². The van der Waals surface area contributed by atoms with E-state index in [1.54, 1.807) is 36.5 Å². The minimum Gasteiger partial charge on any atom is -0.478 e. The molecule has 0 aliphatic heterocycles. The number of carbonyl (C=O) groups excluding carboxylic acids is 1. The summed E-state index contributed by atoms with van der Waals surface area (Å²) in [7, 11) is 0. The van der Waals surface area contributed by atoms with Gasteiger partial charge in [0.25, 0.3) is 0 Å². The van der Waals surface area contributed by atoms with E-state index in [9.17, 15) is 10.1 Å². The largest absolute Gasteiger partial charge is 0.478 e. The van der Waals surface area contributed by atoms with Crippen molar-refractivity contribution in [2.45, 2.75) is 12.8 Å². The molecule has 0 amide bonds. The summed E-state index contributed by atoms with van der Waals surface area (Å²) in [5, 5.41) is 9.19. The molecular weight excluding hydrogens is 254 g/mol. The summed E-state index contributed by atoms with van der Waals surface area (Å²) in [6, 6.07) is 10.3. The maximum absolute atomic E-state index is 12.3. The van der Waals surface area contributed by atoms with Gasteiger partial charge in [0, 0.05) is 24.0 Å². The van der Waals surface area contributed by atoms with Gasteiger partial charge in [-0.05, 0) is 25.1 Å². The lowest BCUT2D eigenvalue weighted by Gasteiger charge is -2.08. The second-order valence-corrected chi connectivity index (χ2v) is 4.00. The van der Waals surface area contributed by atoms with Gasteiger partial charge in [0.05, 0.1) is 18.4 Å². The van der Waals surface area contributed by atoms with E-state index < -0.39 is 5.92 Å². The number of Topliss-reactive ketones (excluding diaryl/α,β-unsaturated/α-hetero) is 1. The van der Waals surface area contributed by atoms with Crippen molar-refractivity contribution in [3.05, 3.63) is 54.0 Å². The fraction of sp³-hybridized carbons (Fsp3) is 0.200. The lowest BCUT2D eigenvalue weighted by atomic mass is 9.96. The van der Waals surface area contributed by atoms with E-state index in [0.717, 1.165) is 0 Å². The Labute approximate surface area is 116 Å². The molecule has 0 radical (unpaired) electrons. The molecule has 0 saturated heterocycles. The first-order chi connectivity index (χ1) is 9.76. The van der Waals surface area contributed by atoms with Gasteiger partial charge in [0.1, 0.15) is 0 Å². The van der Waals surface area contributed by atoms with Crippen LogP contribution in [0.3, 0.4) is 0 Å². The first kappa shape index (κ1) is 13.7. The molecule has 1 unspecified atom stereocenters. The Hall–Kier alpha value is -2.74. The van der Waals surface area contributed by atoms with Crippen molar-refractivity contribution in [2.75, 3.05) is 6.61 Å². The molecule has 0 spiro atoms. The number of nitriles is 1. The highest BCUT2D eigenvalue weighted by Gasteiger charge is 2.23. The van der Waals surface area contributed by atoms with Crippen LogP contribution >= 0.6 is 0 Å². The normalized spacial score (nSPS) is 11.4. The van der Waals surface area contributed by atoms with Crippen molar-refractivity contribution in [1.82, 2.24) is 9.97 Å². The molecule has 0 saturated carbocycles. The van der Waals surface area contributed by atoms with Gasteiger partial charge < -0.3 is 4.74 Å². The molecular formula is C15H13N3O2. The van der Waals surface area contributed by atoms with Crippen LogP contribution in [0.1, 0.15) is 28.9 Å². The summed E-state index contributed by atoms with van der Waals surface area (Å²) in [6.45, 7) is 2.36. The van der Waals surface area contributed by atoms with Gasteiger partial charge in [-0.25, -0.2) is 4.98 Å². The van der Waals surface area contributed by atoms with Crippen LogP contribution in [-0.4, -0.2) is 22.4 Å². The number of carbonyl (C=O) groups is 1. The first-order valence-corrected chi connectivity index (χ1v) is 6.20. The lowest BCUT2D eigenvalue weighted by Crippen LogP contribution is -2.13. The van der Waals surface area contributed by atoms with Crippen LogP contribution in [0.25, 0.3) is 0 Å². The maximum atomic E-state index is 12.3. The Morgan fingerprint density at radius 3 is 2.75 bits per heavy atom. The highest BCUT2D eigenvalue weighted by molar-refractivity contribution is 6.02. The topological polar surface area (TPSA) is 75.9 Å². The zero-order valence-corrected chi connectivity index (χ0v) is 11.0. The summed E-state index contributed by atoms with van der Waals surface area (Å²) < 4.78 is 5.21. The van der Waals surface area contributed by atoms with Gasteiger partial charge in [-0.3, -0.25) is 9.78 Å². The predicted molar refractivity (Wildman–Crippen MR) is 72.3 cm³/mol. The molecule has 20 heavy (non-hydrogen) atoms. The third kappa shape index (κ3) is 2.98. The van der Waals surface area contributed by atoms with E-state index >= 15 is 0 Å². The number of hydrogen-bond acceptors (Lipinski definition) is 5. The molecule has 0 aliphatic rings. The monoisotopic (exact) mass is 267 g/mol. The smallest absolute Gasteiger partial charge is 0.213 e. The van der Waals surface area contributed by atoms with Crippen molar-refractivity contribution < 1.29 is 9.53 Å². The van der Waals surface area contributed by atoms with Crippen LogP contribution in [0.5, 0.6) is 5.88 Å². The van der Waals surface area contributed by atoms with Crippen molar-refractivity contribution in [3.63, 3.8) is 0 Å². The second kappa shape index (κ2) is 6.43. The molecule has 0 N–H and O–H groups in total. The number of nitrogens with zero attached hydrogens (tertiary/aromatic N) is 3. The lowest BCUT2D eigenvalue weighted by molar-refractivity contribution is 0.0977. The van der Waals surface area contributed by atoms with E-state index in [1.165, 1.54) is 6.20 Å². The van der Waals surface area contributed by atoms with Crippen LogP contribution < -0.4 is 4.74 Å². The molecule has 5 nitrogen and oxygen atoms in total. The van der Waals surface area contributed by atoms with Gasteiger partial charge in [-0.1, -0.05) is 6.07 Å². The average molecular weight is 267 g/mol. The predicted octanol–water partition coefficient (Wildman–Crippen LogP) is 2.37. The van der Waals surface area contributed by atoms with Crippen LogP contribution in [-0.2, 0) is 0 Å². The van der Waals surface area contributed by atoms with Gasteiger partial charge >= 0.3 is 0 Å². The van der Waals surface area contributed by atoms with Crippen molar-refractivity contribution in [1.29, 1.82) is 5.26 Å². The van der Waals surface area contributed by atoms with Crippen LogP contribution in [0.2, 0.25) is 0 Å². The highest BCUT2D eigenvalue weighted by Crippen LogP contribution is 2.19. The highest BCUT2D eigenvalue weighted by atomic mass is 16.5. The number of ketones is 1. The summed E-state index contributed by atoms with van der Waals surface area (Å²) in [4.78, 5) is 20.4. The SMILES string of the molecule is CCOc1ccc(C(=O)C(C#N)c2ccccn2)cn1. The first-order valence-electron chi connectivity index (χ1n) is 6.20. The van der Waals surface area contributed by atoms with Gasteiger partial charge in [0.2, 0.25) is 5.88 Å². The van der Waals surface area contributed by atoms with Crippen LogP contribution in [0.4, 0.5) is 0 Å². The minimum atomic E-state index is -0.920. The Bertz CT molecular complexity index is 618. The molecule has 0 aromatic carbocycles. The zero-order chi connectivity index (χ0) is 14.4. The Morgan fingerprint density at radius 2 is 2.20 bits per heavy atom. The van der Waals surface area contributed by atoms with Gasteiger partial charge in [0.15, 0.2) is 11.7 Å². The molecule has 100 valence electrons. The summed E-state index contributed by atoms with van der Waals surface area (Å²) in [5.74, 6) is -0.784. The number of aromatic nitrogens is 2. The average Bonchev–Trinajstić information content (AvgIpc) is 2.50. The Balaban J connectivity index is 2.23. The number of ether oxygens (including phenoxy) is 1. The van der Waals surface area contributed by atoms with E-state index in [4.69, 9.17) is 4.74 Å². The third-order valence-corrected chi connectivity index (χ3v) is 2.69. The van der Waals surface area contributed by atoms with Crippen LogP contribution in [0.15, 0.2) is 42.7 Å². The third-order valence-electron chi connectivity index (χ3n) is 2.69.